The van der Waals surface area contributed by atoms with Gasteiger partial charge in [-0.1, -0.05) is 26.7 Å². The van der Waals surface area contributed by atoms with Crippen LogP contribution in [0.1, 0.15) is 52.4 Å². The van der Waals surface area contributed by atoms with Gasteiger partial charge in [0.05, 0.1) is 5.25 Å². The Morgan fingerprint density at radius 2 is 1.89 bits per heavy atom. The molecular weight excluding hydrogens is 262 g/mol. The second kappa shape index (κ2) is 7.04. The highest BCUT2D eigenvalue weighted by atomic mass is 32.2. The van der Waals surface area contributed by atoms with Crippen LogP contribution in [0.15, 0.2) is 0 Å². The van der Waals surface area contributed by atoms with Gasteiger partial charge in [-0.15, -0.1) is 0 Å². The summed E-state index contributed by atoms with van der Waals surface area (Å²) in [6.45, 7) is 5.13. The van der Waals surface area contributed by atoms with Crippen molar-refractivity contribution in [1.29, 1.82) is 0 Å². The molecule has 114 valence electrons. The molecule has 2 unspecified atom stereocenters. The molecule has 0 heterocycles. The van der Waals surface area contributed by atoms with Gasteiger partial charge in [-0.2, -0.15) is 0 Å². The fourth-order valence-electron chi connectivity index (χ4n) is 2.78. The molecule has 19 heavy (non-hydrogen) atoms. The minimum Gasteiger partial charge on any atom is -0.396 e. The van der Waals surface area contributed by atoms with E-state index in [1.54, 1.807) is 0 Å². The van der Waals surface area contributed by atoms with E-state index in [1.165, 1.54) is 6.26 Å². The number of hydrogen-bond donors (Lipinski definition) is 2. The van der Waals surface area contributed by atoms with Crippen molar-refractivity contribution in [2.75, 3.05) is 19.4 Å². The van der Waals surface area contributed by atoms with Crippen molar-refractivity contribution in [2.24, 2.45) is 5.41 Å². The maximum Gasteiger partial charge on any atom is 0.151 e. The van der Waals surface area contributed by atoms with E-state index < -0.39 is 9.84 Å². The lowest BCUT2D eigenvalue weighted by Gasteiger charge is -2.31. The van der Waals surface area contributed by atoms with Crippen molar-refractivity contribution in [3.8, 4) is 0 Å². The Bertz CT molecular complexity index is 365. The zero-order valence-corrected chi connectivity index (χ0v) is 13.3. The first-order valence-electron chi connectivity index (χ1n) is 7.29. The molecule has 0 aliphatic heterocycles. The van der Waals surface area contributed by atoms with Gasteiger partial charge in [-0.3, -0.25) is 0 Å². The molecular formula is C14H29NO3S. The quantitative estimate of drug-likeness (QED) is 0.701. The van der Waals surface area contributed by atoms with Crippen LogP contribution >= 0.6 is 0 Å². The van der Waals surface area contributed by atoms with Crippen molar-refractivity contribution in [3.63, 3.8) is 0 Å². The van der Waals surface area contributed by atoms with Crippen LogP contribution in [0.3, 0.4) is 0 Å². The molecule has 1 aliphatic carbocycles. The molecule has 2 atom stereocenters. The van der Waals surface area contributed by atoms with Crippen LogP contribution in [-0.4, -0.2) is 44.2 Å². The SMILES string of the molecule is CC(C)(CO)CCCNC1CCCCC1S(C)(=O)=O. The molecule has 0 spiro atoms. The molecule has 1 fully saturated rings. The predicted octanol–water partition coefficient (Wildman–Crippen LogP) is 1.73. The molecule has 1 rings (SSSR count). The minimum atomic E-state index is -2.95. The highest BCUT2D eigenvalue weighted by molar-refractivity contribution is 7.91. The molecule has 1 saturated carbocycles. The second-order valence-corrected chi connectivity index (χ2v) is 8.90. The lowest BCUT2D eigenvalue weighted by atomic mass is 9.89. The van der Waals surface area contributed by atoms with Gasteiger partial charge >= 0.3 is 0 Å². The van der Waals surface area contributed by atoms with Crippen LogP contribution in [0.2, 0.25) is 0 Å². The number of hydrogen-bond acceptors (Lipinski definition) is 4. The largest absolute Gasteiger partial charge is 0.396 e. The molecule has 4 nitrogen and oxygen atoms in total. The Hall–Kier alpha value is -0.130. The maximum absolute atomic E-state index is 11.8. The molecule has 2 N–H and O–H groups in total. The third-order valence-electron chi connectivity index (χ3n) is 4.12. The Morgan fingerprint density at radius 3 is 2.47 bits per heavy atom. The summed E-state index contributed by atoms with van der Waals surface area (Å²) in [7, 11) is -2.95. The predicted molar refractivity (Wildman–Crippen MR) is 79.0 cm³/mol. The van der Waals surface area contributed by atoms with Gasteiger partial charge in [0.15, 0.2) is 9.84 Å². The normalized spacial score (nSPS) is 25.5. The first-order chi connectivity index (χ1) is 8.76. The standard InChI is InChI=1S/C14H29NO3S/c1-14(2,11-16)9-6-10-15-12-7-4-5-8-13(12)19(3,17)18/h12-13,15-16H,4-11H2,1-3H3. The highest BCUT2D eigenvalue weighted by Crippen LogP contribution is 2.25. The first kappa shape index (κ1) is 16.9. The van der Waals surface area contributed by atoms with E-state index >= 15 is 0 Å². The molecule has 0 radical (unpaired) electrons. The first-order valence-corrected chi connectivity index (χ1v) is 9.25. The van der Waals surface area contributed by atoms with Crippen molar-refractivity contribution in [1.82, 2.24) is 5.32 Å². The topological polar surface area (TPSA) is 66.4 Å². The number of aliphatic hydroxyl groups is 1. The summed E-state index contributed by atoms with van der Waals surface area (Å²) < 4.78 is 23.5. The van der Waals surface area contributed by atoms with E-state index in [9.17, 15) is 13.5 Å². The van der Waals surface area contributed by atoms with E-state index in [1.807, 2.05) is 13.8 Å². The summed E-state index contributed by atoms with van der Waals surface area (Å²) in [4.78, 5) is 0. The van der Waals surface area contributed by atoms with Gasteiger partial charge in [-0.05, 0) is 37.6 Å². The average Bonchev–Trinajstić information content (AvgIpc) is 2.34. The van der Waals surface area contributed by atoms with Gasteiger partial charge in [0.25, 0.3) is 0 Å². The van der Waals surface area contributed by atoms with E-state index in [0.717, 1.165) is 45.1 Å². The minimum absolute atomic E-state index is 0.0372. The molecule has 5 heteroatoms. The second-order valence-electron chi connectivity index (χ2n) is 6.64. The third-order valence-corrected chi connectivity index (χ3v) is 5.78. The van der Waals surface area contributed by atoms with Crippen molar-refractivity contribution < 1.29 is 13.5 Å². The summed E-state index contributed by atoms with van der Waals surface area (Å²) in [6.07, 6.45) is 7.17. The highest BCUT2D eigenvalue weighted by Gasteiger charge is 2.32. The van der Waals surface area contributed by atoms with Crippen LogP contribution < -0.4 is 5.32 Å². The van der Waals surface area contributed by atoms with Gasteiger partial charge in [-0.25, -0.2) is 8.42 Å². The molecule has 1 aliphatic rings. The van der Waals surface area contributed by atoms with Crippen molar-refractivity contribution in [2.45, 2.75) is 63.7 Å². The molecule has 0 aromatic heterocycles. The zero-order chi connectivity index (χ0) is 14.5. The zero-order valence-electron chi connectivity index (χ0n) is 12.5. The summed E-state index contributed by atoms with van der Waals surface area (Å²) in [5.41, 5.74) is -0.0372. The molecule has 0 saturated heterocycles. The molecule has 0 aromatic carbocycles. The third kappa shape index (κ3) is 5.79. The maximum atomic E-state index is 11.8. The lowest BCUT2D eigenvalue weighted by Crippen LogP contribution is -2.46. The molecule has 0 bridgehead atoms. The number of sulfone groups is 1. The van der Waals surface area contributed by atoms with Crippen LogP contribution in [0.4, 0.5) is 0 Å². The number of aliphatic hydroxyl groups excluding tert-OH is 1. The van der Waals surface area contributed by atoms with Crippen molar-refractivity contribution in [3.05, 3.63) is 0 Å². The lowest BCUT2D eigenvalue weighted by molar-refractivity contribution is 0.147. The summed E-state index contributed by atoms with van der Waals surface area (Å²) >= 11 is 0. The Kier molecular flexibility index (Phi) is 6.27. The number of rotatable bonds is 7. The van der Waals surface area contributed by atoms with Crippen LogP contribution in [0.25, 0.3) is 0 Å². The monoisotopic (exact) mass is 291 g/mol. The van der Waals surface area contributed by atoms with E-state index in [0.29, 0.717) is 0 Å². The Labute approximate surface area is 117 Å². The molecule has 0 amide bonds. The Balaban J connectivity index is 2.38. The van der Waals surface area contributed by atoms with Gasteiger partial charge in [0, 0.05) is 18.9 Å². The fraction of sp³-hybridized carbons (Fsp3) is 1.00. The van der Waals surface area contributed by atoms with Gasteiger partial charge in [0.2, 0.25) is 0 Å². The number of nitrogens with one attached hydrogen (secondary N) is 1. The smallest absolute Gasteiger partial charge is 0.151 e. The fourth-order valence-corrected chi connectivity index (χ4v) is 4.20. The van der Waals surface area contributed by atoms with Crippen LogP contribution in [0, 0.1) is 5.41 Å². The van der Waals surface area contributed by atoms with Crippen LogP contribution in [-0.2, 0) is 9.84 Å². The summed E-state index contributed by atoms with van der Waals surface area (Å²) in [5.74, 6) is 0. The van der Waals surface area contributed by atoms with Crippen LogP contribution in [0.5, 0.6) is 0 Å². The van der Waals surface area contributed by atoms with E-state index in [4.69, 9.17) is 0 Å². The average molecular weight is 291 g/mol. The van der Waals surface area contributed by atoms with E-state index in [-0.39, 0.29) is 23.3 Å². The Morgan fingerprint density at radius 1 is 1.26 bits per heavy atom. The summed E-state index contributed by atoms with van der Waals surface area (Å²) in [5, 5.41) is 12.4. The molecule has 0 aromatic rings. The van der Waals surface area contributed by atoms with Gasteiger partial charge in [0.1, 0.15) is 0 Å². The van der Waals surface area contributed by atoms with Gasteiger partial charge < -0.3 is 10.4 Å². The summed E-state index contributed by atoms with van der Waals surface area (Å²) in [6, 6.07) is 0.112. The van der Waals surface area contributed by atoms with E-state index in [2.05, 4.69) is 5.32 Å². The van der Waals surface area contributed by atoms with Crippen molar-refractivity contribution >= 4 is 9.84 Å².